The van der Waals surface area contributed by atoms with Crippen LogP contribution < -0.4 is 0 Å². The van der Waals surface area contributed by atoms with Crippen molar-refractivity contribution in [3.05, 3.63) is 48.6 Å². The summed E-state index contributed by atoms with van der Waals surface area (Å²) in [4.78, 5) is 0. The third kappa shape index (κ3) is 3.96. The fraction of sp³-hybridized carbons (Fsp3) is 0.412. The smallest absolute Gasteiger partial charge is 0.165 e. The quantitative estimate of drug-likeness (QED) is 0.608. The van der Waals surface area contributed by atoms with Crippen molar-refractivity contribution < 1.29 is 9.47 Å². The molecule has 2 rings (SSSR count). The van der Waals surface area contributed by atoms with Crippen LogP contribution in [-0.2, 0) is 9.47 Å². The maximum Gasteiger partial charge on any atom is 0.165 e. The first-order valence-electron chi connectivity index (χ1n) is 6.64. The summed E-state index contributed by atoms with van der Waals surface area (Å²) in [6, 6.07) is 9.93. The summed E-state index contributed by atoms with van der Waals surface area (Å²) >= 11 is 0. The van der Waals surface area contributed by atoms with Gasteiger partial charge in [-0.1, -0.05) is 36.1 Å². The molecule has 0 saturated carbocycles. The molecule has 0 spiro atoms. The number of allylic oxidation sites excluding steroid dienone is 1. The van der Waals surface area contributed by atoms with Crippen LogP contribution in [0.1, 0.15) is 32.3 Å². The van der Waals surface area contributed by atoms with Gasteiger partial charge in [-0.2, -0.15) is 0 Å². The lowest BCUT2D eigenvalue weighted by molar-refractivity contribution is -0.142. The van der Waals surface area contributed by atoms with Crippen LogP contribution >= 0.6 is 0 Å². The Morgan fingerprint density at radius 1 is 1.26 bits per heavy atom. The number of benzene rings is 1. The molecule has 0 unspecified atom stereocenters. The van der Waals surface area contributed by atoms with Gasteiger partial charge >= 0.3 is 0 Å². The van der Waals surface area contributed by atoms with Crippen molar-refractivity contribution >= 4 is 0 Å². The lowest BCUT2D eigenvalue weighted by atomic mass is 10.1. The van der Waals surface area contributed by atoms with E-state index in [2.05, 4.69) is 18.4 Å². The van der Waals surface area contributed by atoms with E-state index in [-0.39, 0.29) is 12.2 Å². The largest absolute Gasteiger partial charge is 0.343 e. The van der Waals surface area contributed by atoms with Gasteiger partial charge in [-0.25, -0.2) is 0 Å². The fourth-order valence-corrected chi connectivity index (χ4v) is 2.13. The molecule has 1 fully saturated rings. The molecule has 0 aromatic heterocycles. The molecule has 100 valence electrons. The molecule has 2 atom stereocenters. The Kier molecular flexibility index (Phi) is 4.42. The van der Waals surface area contributed by atoms with E-state index in [0.717, 1.165) is 18.4 Å². The highest BCUT2D eigenvalue weighted by atomic mass is 16.7. The highest BCUT2D eigenvalue weighted by Crippen LogP contribution is 2.30. The van der Waals surface area contributed by atoms with E-state index in [1.54, 1.807) is 0 Å². The summed E-state index contributed by atoms with van der Waals surface area (Å²) in [5.41, 5.74) is 0.998. The second-order valence-electron chi connectivity index (χ2n) is 5.10. The third-order valence-corrected chi connectivity index (χ3v) is 2.97. The van der Waals surface area contributed by atoms with Gasteiger partial charge in [0.15, 0.2) is 5.79 Å². The molecular weight excluding hydrogens is 236 g/mol. The average Bonchev–Trinajstić information content (AvgIpc) is 2.70. The Morgan fingerprint density at radius 3 is 2.68 bits per heavy atom. The molecule has 1 aliphatic heterocycles. The van der Waals surface area contributed by atoms with Gasteiger partial charge in [0.2, 0.25) is 0 Å². The van der Waals surface area contributed by atoms with Crippen LogP contribution in [0.25, 0.3) is 0 Å². The number of rotatable bonds is 3. The van der Waals surface area contributed by atoms with E-state index in [9.17, 15) is 0 Å². The number of hydrogen-bond donors (Lipinski definition) is 0. The lowest BCUT2D eigenvalue weighted by Crippen LogP contribution is -2.21. The Hall–Kier alpha value is -1.56. The van der Waals surface area contributed by atoms with Crippen molar-refractivity contribution in [2.24, 2.45) is 0 Å². The molecule has 0 aliphatic carbocycles. The first-order valence-corrected chi connectivity index (χ1v) is 6.64. The van der Waals surface area contributed by atoms with E-state index in [4.69, 9.17) is 9.47 Å². The molecule has 19 heavy (non-hydrogen) atoms. The topological polar surface area (TPSA) is 18.5 Å². The van der Waals surface area contributed by atoms with Gasteiger partial charge in [-0.15, -0.1) is 6.58 Å². The van der Waals surface area contributed by atoms with Crippen LogP contribution in [0.4, 0.5) is 0 Å². The summed E-state index contributed by atoms with van der Waals surface area (Å²) in [6.45, 7) is 7.60. The first-order chi connectivity index (χ1) is 9.11. The second-order valence-corrected chi connectivity index (χ2v) is 5.10. The zero-order valence-electron chi connectivity index (χ0n) is 11.6. The molecule has 2 heteroatoms. The van der Waals surface area contributed by atoms with Crippen LogP contribution in [0.3, 0.4) is 0 Å². The minimum Gasteiger partial charge on any atom is -0.343 e. The van der Waals surface area contributed by atoms with Gasteiger partial charge in [0.05, 0.1) is 6.10 Å². The van der Waals surface area contributed by atoms with Crippen molar-refractivity contribution in [3.8, 4) is 11.8 Å². The zero-order valence-corrected chi connectivity index (χ0v) is 11.6. The SMILES string of the molecule is C=CCC[C@@H]1OC(C)(C)O[C@H]1C#Cc1ccccc1. The summed E-state index contributed by atoms with van der Waals surface area (Å²) in [7, 11) is 0. The second kappa shape index (κ2) is 6.06. The van der Waals surface area contributed by atoms with Crippen molar-refractivity contribution in [1.29, 1.82) is 0 Å². The van der Waals surface area contributed by atoms with Gasteiger partial charge in [0.1, 0.15) is 6.10 Å². The van der Waals surface area contributed by atoms with Gasteiger partial charge in [0, 0.05) is 5.56 Å². The highest BCUT2D eigenvalue weighted by molar-refractivity contribution is 5.35. The van der Waals surface area contributed by atoms with Gasteiger partial charge in [-0.05, 0) is 38.8 Å². The van der Waals surface area contributed by atoms with Crippen LogP contribution in [0.5, 0.6) is 0 Å². The Bertz CT molecular complexity index is 479. The molecule has 0 amide bonds. The van der Waals surface area contributed by atoms with E-state index in [0.29, 0.717) is 0 Å². The van der Waals surface area contributed by atoms with Crippen molar-refractivity contribution in [2.45, 2.75) is 44.7 Å². The normalized spacial score (nSPS) is 24.5. The number of ether oxygens (including phenoxy) is 2. The van der Waals surface area contributed by atoms with Gasteiger partial charge in [0.25, 0.3) is 0 Å². The van der Waals surface area contributed by atoms with Crippen molar-refractivity contribution in [3.63, 3.8) is 0 Å². The van der Waals surface area contributed by atoms with Crippen LogP contribution in [0, 0.1) is 11.8 Å². The van der Waals surface area contributed by atoms with E-state index in [1.165, 1.54) is 0 Å². The molecule has 1 heterocycles. The zero-order chi connectivity index (χ0) is 13.7. The van der Waals surface area contributed by atoms with E-state index >= 15 is 0 Å². The molecule has 1 aromatic rings. The highest BCUT2D eigenvalue weighted by Gasteiger charge is 2.39. The Balaban J connectivity index is 2.09. The molecule has 1 saturated heterocycles. The van der Waals surface area contributed by atoms with Crippen molar-refractivity contribution in [2.75, 3.05) is 0 Å². The standard InChI is InChI=1S/C17H20O2/c1-4-5-11-15-16(19-17(2,3)18-15)13-12-14-9-7-6-8-10-14/h4,6-10,15-16H,1,5,11H2,2-3H3/t15-,16-/m0/s1. The summed E-state index contributed by atoms with van der Waals surface area (Å²) < 4.78 is 11.7. The Morgan fingerprint density at radius 2 is 2.00 bits per heavy atom. The maximum absolute atomic E-state index is 5.88. The minimum absolute atomic E-state index is 0.0178. The van der Waals surface area contributed by atoms with Crippen LogP contribution in [0.2, 0.25) is 0 Å². The molecule has 2 nitrogen and oxygen atoms in total. The van der Waals surface area contributed by atoms with Crippen LogP contribution in [0.15, 0.2) is 43.0 Å². The first kappa shape index (κ1) is 13.9. The predicted octanol–water partition coefficient (Wildman–Crippen LogP) is 3.52. The average molecular weight is 256 g/mol. The predicted molar refractivity (Wildman–Crippen MR) is 76.6 cm³/mol. The molecule has 1 aliphatic rings. The molecule has 0 radical (unpaired) electrons. The third-order valence-electron chi connectivity index (χ3n) is 2.97. The molecule has 0 bridgehead atoms. The molecule has 1 aromatic carbocycles. The summed E-state index contributed by atoms with van der Waals surface area (Å²) in [5.74, 6) is 5.78. The van der Waals surface area contributed by atoms with Crippen LogP contribution in [-0.4, -0.2) is 18.0 Å². The van der Waals surface area contributed by atoms with E-state index < -0.39 is 5.79 Å². The summed E-state index contributed by atoms with van der Waals surface area (Å²) in [5, 5.41) is 0. The Labute approximate surface area is 115 Å². The van der Waals surface area contributed by atoms with Gasteiger partial charge < -0.3 is 9.47 Å². The summed E-state index contributed by atoms with van der Waals surface area (Å²) in [6.07, 6.45) is 3.55. The number of hydrogen-bond acceptors (Lipinski definition) is 2. The maximum atomic E-state index is 5.88. The lowest BCUT2D eigenvalue weighted by Gasteiger charge is -2.16. The van der Waals surface area contributed by atoms with Crippen molar-refractivity contribution in [1.82, 2.24) is 0 Å². The molecule has 0 N–H and O–H groups in total. The monoisotopic (exact) mass is 256 g/mol. The van der Waals surface area contributed by atoms with Gasteiger partial charge in [-0.3, -0.25) is 0 Å². The van der Waals surface area contributed by atoms with E-state index in [1.807, 2.05) is 50.3 Å². The molecular formula is C17H20O2. The fourth-order valence-electron chi connectivity index (χ4n) is 2.13. The minimum atomic E-state index is -0.554.